The minimum absolute atomic E-state index is 0.131. The summed E-state index contributed by atoms with van der Waals surface area (Å²) in [6.45, 7) is 2.73. The molecule has 100 valence electrons. The Morgan fingerprint density at radius 1 is 1.32 bits per heavy atom. The van der Waals surface area contributed by atoms with Gasteiger partial charge in [0.05, 0.1) is 5.69 Å². The van der Waals surface area contributed by atoms with Crippen LogP contribution in [0.3, 0.4) is 0 Å². The number of hydrogen-bond acceptors (Lipinski definition) is 2. The summed E-state index contributed by atoms with van der Waals surface area (Å²) in [4.78, 5) is 4.55. The molecule has 0 saturated carbocycles. The number of aryl methyl sites for hydroxylation is 2. The first-order valence-electron chi connectivity index (χ1n) is 6.43. The third kappa shape index (κ3) is 2.58. The van der Waals surface area contributed by atoms with Gasteiger partial charge in [0.1, 0.15) is 16.2 Å². The third-order valence-electron chi connectivity index (χ3n) is 3.48. The van der Waals surface area contributed by atoms with Gasteiger partial charge in [-0.15, -0.1) is 0 Å². The molecule has 0 saturated heterocycles. The van der Waals surface area contributed by atoms with Crippen molar-refractivity contribution in [3.05, 3.63) is 51.8 Å². The van der Waals surface area contributed by atoms with Crippen molar-refractivity contribution in [1.82, 2.24) is 14.9 Å². The Balaban J connectivity index is 1.79. The molecule has 1 N–H and O–H groups in total. The van der Waals surface area contributed by atoms with Crippen LogP contribution < -0.4 is 5.32 Å². The van der Waals surface area contributed by atoms with Gasteiger partial charge in [-0.05, 0) is 34.0 Å². The fraction of sp³-hybridized carbons (Fsp3) is 0.357. The lowest BCUT2D eigenvalue weighted by Crippen LogP contribution is -2.28. The predicted molar refractivity (Wildman–Crippen MR) is 75.4 cm³/mol. The Hall–Kier alpha value is -1.20. The molecule has 0 amide bonds. The zero-order valence-electron chi connectivity index (χ0n) is 10.5. The minimum atomic E-state index is -0.131. The largest absolute Gasteiger partial charge is 0.329 e. The molecule has 3 nitrogen and oxygen atoms in total. The summed E-state index contributed by atoms with van der Waals surface area (Å²) >= 11 is 3.50. The van der Waals surface area contributed by atoms with Crippen LogP contribution in [0, 0.1) is 5.82 Å². The molecule has 0 fully saturated rings. The van der Waals surface area contributed by atoms with Crippen LogP contribution in [-0.4, -0.2) is 16.1 Å². The van der Waals surface area contributed by atoms with E-state index >= 15 is 0 Å². The van der Waals surface area contributed by atoms with Crippen LogP contribution in [0.25, 0.3) is 0 Å². The number of hydrogen-bond donors (Lipinski definition) is 1. The second-order valence-corrected chi connectivity index (χ2v) is 5.44. The number of nitrogens with zero attached hydrogens (tertiary/aromatic N) is 2. The molecule has 2 aromatic rings. The summed E-state index contributed by atoms with van der Waals surface area (Å²) in [5, 5.41) is 3.33. The van der Waals surface area contributed by atoms with Gasteiger partial charge in [0.2, 0.25) is 0 Å². The van der Waals surface area contributed by atoms with Gasteiger partial charge in [0.15, 0.2) is 0 Å². The number of aromatic nitrogens is 2. The van der Waals surface area contributed by atoms with E-state index < -0.39 is 0 Å². The molecule has 1 aliphatic rings. The summed E-state index contributed by atoms with van der Waals surface area (Å²) in [6, 6.07) is 6.94. The molecule has 1 aliphatic heterocycles. The molecule has 0 aliphatic carbocycles. The molecule has 0 atom stereocenters. The summed E-state index contributed by atoms with van der Waals surface area (Å²) in [6.07, 6.45) is 1.45. The highest BCUT2D eigenvalue weighted by molar-refractivity contribution is 9.10. The zero-order valence-corrected chi connectivity index (χ0v) is 12.1. The van der Waals surface area contributed by atoms with Crippen molar-refractivity contribution < 1.29 is 4.39 Å². The molecule has 0 spiro atoms. The molecular weight excluding hydrogens is 309 g/mol. The first-order valence-corrected chi connectivity index (χ1v) is 7.23. The van der Waals surface area contributed by atoms with E-state index in [-0.39, 0.29) is 5.82 Å². The molecule has 2 heterocycles. The van der Waals surface area contributed by atoms with Gasteiger partial charge in [-0.2, -0.15) is 0 Å². The second-order valence-electron chi connectivity index (χ2n) is 4.69. The number of nitrogens with one attached hydrogen (secondary N) is 1. The van der Waals surface area contributed by atoms with Crippen LogP contribution in [0.4, 0.5) is 4.39 Å². The Bertz CT molecular complexity index is 594. The number of rotatable bonds is 3. The van der Waals surface area contributed by atoms with Crippen LogP contribution in [0.5, 0.6) is 0 Å². The van der Waals surface area contributed by atoms with E-state index in [0.717, 1.165) is 42.0 Å². The van der Waals surface area contributed by atoms with Crippen molar-refractivity contribution in [1.29, 1.82) is 0 Å². The fourth-order valence-electron chi connectivity index (χ4n) is 2.47. The van der Waals surface area contributed by atoms with Crippen molar-refractivity contribution in [2.24, 2.45) is 0 Å². The van der Waals surface area contributed by atoms with Crippen molar-refractivity contribution in [3.8, 4) is 0 Å². The van der Waals surface area contributed by atoms with E-state index in [1.807, 2.05) is 12.1 Å². The number of fused-ring (bicyclic) bond motifs is 1. The topological polar surface area (TPSA) is 29.9 Å². The molecule has 19 heavy (non-hydrogen) atoms. The molecular formula is C14H15BrFN3. The van der Waals surface area contributed by atoms with Gasteiger partial charge in [-0.1, -0.05) is 18.2 Å². The molecule has 3 rings (SSSR count). The summed E-state index contributed by atoms with van der Waals surface area (Å²) in [5.74, 6) is 0.903. The van der Waals surface area contributed by atoms with Crippen LogP contribution >= 0.6 is 15.9 Å². The van der Waals surface area contributed by atoms with Crippen molar-refractivity contribution in [2.75, 3.05) is 6.54 Å². The van der Waals surface area contributed by atoms with Gasteiger partial charge in [0, 0.05) is 26.1 Å². The second kappa shape index (κ2) is 5.43. The molecule has 0 bridgehead atoms. The lowest BCUT2D eigenvalue weighted by Gasteiger charge is -2.18. The van der Waals surface area contributed by atoms with Gasteiger partial charge in [-0.3, -0.25) is 0 Å². The minimum Gasteiger partial charge on any atom is -0.329 e. The summed E-state index contributed by atoms with van der Waals surface area (Å²) in [7, 11) is 0. The first-order chi connectivity index (χ1) is 9.25. The van der Waals surface area contributed by atoms with E-state index in [1.165, 1.54) is 11.8 Å². The van der Waals surface area contributed by atoms with Crippen molar-refractivity contribution >= 4 is 15.9 Å². The summed E-state index contributed by atoms with van der Waals surface area (Å²) in [5.41, 5.74) is 1.94. The highest BCUT2D eigenvalue weighted by Crippen LogP contribution is 2.21. The van der Waals surface area contributed by atoms with Crippen LogP contribution in [-0.2, 0) is 25.9 Å². The Morgan fingerprint density at radius 3 is 3.00 bits per heavy atom. The van der Waals surface area contributed by atoms with Gasteiger partial charge < -0.3 is 9.88 Å². The normalized spacial score (nSPS) is 14.4. The fourth-order valence-corrected chi connectivity index (χ4v) is 3.03. The Labute approximate surface area is 120 Å². The van der Waals surface area contributed by atoms with E-state index in [0.29, 0.717) is 6.42 Å². The lowest BCUT2D eigenvalue weighted by atomic mass is 10.1. The highest BCUT2D eigenvalue weighted by atomic mass is 79.9. The summed E-state index contributed by atoms with van der Waals surface area (Å²) < 4.78 is 16.7. The van der Waals surface area contributed by atoms with Gasteiger partial charge >= 0.3 is 0 Å². The van der Waals surface area contributed by atoms with E-state index in [2.05, 4.69) is 30.8 Å². The molecule has 0 unspecified atom stereocenters. The first kappa shape index (κ1) is 12.8. The van der Waals surface area contributed by atoms with E-state index in [1.54, 1.807) is 6.07 Å². The van der Waals surface area contributed by atoms with Crippen molar-refractivity contribution in [3.63, 3.8) is 0 Å². The molecule has 0 radical (unpaired) electrons. The average Bonchev–Trinajstić information content (AvgIpc) is 2.75. The Kier molecular flexibility index (Phi) is 3.66. The maximum absolute atomic E-state index is 13.6. The molecule has 1 aromatic heterocycles. The Morgan fingerprint density at radius 2 is 2.16 bits per heavy atom. The predicted octanol–water partition coefficient (Wildman–Crippen LogP) is 2.67. The SMILES string of the molecule is Fc1ccccc1CCc1nc(Br)c2n1CCNC2. The third-order valence-corrected chi connectivity index (χ3v) is 4.12. The van der Waals surface area contributed by atoms with E-state index in [4.69, 9.17) is 0 Å². The van der Waals surface area contributed by atoms with E-state index in [9.17, 15) is 4.39 Å². The zero-order chi connectivity index (χ0) is 13.2. The lowest BCUT2D eigenvalue weighted by molar-refractivity contribution is 0.498. The standard InChI is InChI=1S/C14H15BrFN3/c15-14-12-9-17-7-8-19(12)13(18-14)6-5-10-3-1-2-4-11(10)16/h1-4,17H,5-9H2. The highest BCUT2D eigenvalue weighted by Gasteiger charge is 2.18. The van der Waals surface area contributed by atoms with Crippen LogP contribution in [0.15, 0.2) is 28.9 Å². The quantitative estimate of drug-likeness (QED) is 0.941. The van der Waals surface area contributed by atoms with Gasteiger partial charge in [-0.25, -0.2) is 9.37 Å². The number of benzene rings is 1. The molecule has 1 aromatic carbocycles. The van der Waals surface area contributed by atoms with Crippen LogP contribution in [0.2, 0.25) is 0 Å². The van der Waals surface area contributed by atoms with Crippen molar-refractivity contribution in [2.45, 2.75) is 25.9 Å². The maximum atomic E-state index is 13.6. The molecule has 5 heteroatoms. The monoisotopic (exact) mass is 323 g/mol. The van der Waals surface area contributed by atoms with Gasteiger partial charge in [0.25, 0.3) is 0 Å². The average molecular weight is 324 g/mol. The smallest absolute Gasteiger partial charge is 0.128 e. The van der Waals surface area contributed by atoms with Crippen LogP contribution in [0.1, 0.15) is 17.1 Å². The number of imidazole rings is 1. The number of halogens is 2. The maximum Gasteiger partial charge on any atom is 0.128 e.